The highest BCUT2D eigenvalue weighted by Gasteiger charge is 2.18. The number of aryl methyl sites for hydroxylation is 1. The fourth-order valence-electron chi connectivity index (χ4n) is 2.34. The first kappa shape index (κ1) is 14.5. The lowest BCUT2D eigenvalue weighted by Gasteiger charge is -2.22. The van der Waals surface area contributed by atoms with Gasteiger partial charge in [0, 0.05) is 32.2 Å². The smallest absolute Gasteiger partial charge is 0.317 e. The zero-order valence-electron chi connectivity index (χ0n) is 11.9. The first-order valence-corrected chi connectivity index (χ1v) is 6.67. The second-order valence-corrected chi connectivity index (χ2v) is 4.83. The van der Waals surface area contributed by atoms with E-state index in [-0.39, 0.29) is 6.54 Å². The number of hydrogen-bond acceptors (Lipinski definition) is 6. The van der Waals surface area contributed by atoms with Crippen LogP contribution in [0.2, 0.25) is 0 Å². The SMILES string of the molecule is COc1cc(N2CCCN(CC(=O)O)CC2)nc(C)n1. The molecule has 1 aliphatic heterocycles. The molecule has 0 saturated carbocycles. The first-order valence-electron chi connectivity index (χ1n) is 6.67. The first-order chi connectivity index (χ1) is 9.58. The van der Waals surface area contributed by atoms with Crippen molar-refractivity contribution in [3.63, 3.8) is 0 Å². The Morgan fingerprint density at radius 1 is 1.35 bits per heavy atom. The van der Waals surface area contributed by atoms with Gasteiger partial charge >= 0.3 is 5.97 Å². The van der Waals surface area contributed by atoms with E-state index in [1.54, 1.807) is 7.11 Å². The van der Waals surface area contributed by atoms with E-state index in [1.165, 1.54) is 0 Å². The number of rotatable bonds is 4. The molecule has 0 spiro atoms. The molecule has 110 valence electrons. The summed E-state index contributed by atoms with van der Waals surface area (Å²) in [5.74, 6) is 1.29. The molecule has 0 radical (unpaired) electrons. The van der Waals surface area contributed by atoms with Gasteiger partial charge in [-0.25, -0.2) is 4.98 Å². The van der Waals surface area contributed by atoms with Crippen LogP contribution in [0.25, 0.3) is 0 Å². The largest absolute Gasteiger partial charge is 0.481 e. The molecule has 1 aromatic heterocycles. The Morgan fingerprint density at radius 3 is 2.85 bits per heavy atom. The van der Waals surface area contributed by atoms with Crippen LogP contribution in [0.3, 0.4) is 0 Å². The lowest BCUT2D eigenvalue weighted by Crippen LogP contribution is -2.34. The van der Waals surface area contributed by atoms with Crippen molar-refractivity contribution in [1.29, 1.82) is 0 Å². The van der Waals surface area contributed by atoms with Gasteiger partial charge in [0.05, 0.1) is 13.7 Å². The molecular formula is C13H20N4O3. The van der Waals surface area contributed by atoms with E-state index in [1.807, 2.05) is 17.9 Å². The summed E-state index contributed by atoms with van der Waals surface area (Å²) in [4.78, 5) is 23.5. The summed E-state index contributed by atoms with van der Waals surface area (Å²) in [5.41, 5.74) is 0. The van der Waals surface area contributed by atoms with Crippen LogP contribution >= 0.6 is 0 Å². The van der Waals surface area contributed by atoms with Gasteiger partial charge in [-0.3, -0.25) is 9.69 Å². The highest BCUT2D eigenvalue weighted by Crippen LogP contribution is 2.18. The van der Waals surface area contributed by atoms with Crippen LogP contribution in [0.5, 0.6) is 5.88 Å². The van der Waals surface area contributed by atoms with Crippen molar-refractivity contribution >= 4 is 11.8 Å². The van der Waals surface area contributed by atoms with Crippen LogP contribution in [-0.2, 0) is 4.79 Å². The van der Waals surface area contributed by atoms with E-state index in [9.17, 15) is 4.79 Å². The van der Waals surface area contributed by atoms with Crippen molar-refractivity contribution in [2.24, 2.45) is 0 Å². The minimum atomic E-state index is -0.780. The number of anilines is 1. The molecule has 20 heavy (non-hydrogen) atoms. The molecule has 1 N–H and O–H groups in total. The Morgan fingerprint density at radius 2 is 2.15 bits per heavy atom. The van der Waals surface area contributed by atoms with Gasteiger partial charge in [0.15, 0.2) is 0 Å². The summed E-state index contributed by atoms with van der Waals surface area (Å²) in [7, 11) is 1.59. The Balaban J connectivity index is 2.06. The van der Waals surface area contributed by atoms with Crippen LogP contribution in [-0.4, -0.2) is 65.8 Å². The van der Waals surface area contributed by atoms with Crippen molar-refractivity contribution in [2.75, 3.05) is 44.7 Å². The van der Waals surface area contributed by atoms with Gasteiger partial charge in [0.2, 0.25) is 5.88 Å². The van der Waals surface area contributed by atoms with Crippen molar-refractivity contribution in [1.82, 2.24) is 14.9 Å². The molecule has 0 atom stereocenters. The Bertz CT molecular complexity index is 481. The molecule has 0 bridgehead atoms. The maximum Gasteiger partial charge on any atom is 0.317 e. The molecule has 0 amide bonds. The number of methoxy groups -OCH3 is 1. The second-order valence-electron chi connectivity index (χ2n) is 4.83. The van der Waals surface area contributed by atoms with E-state index in [2.05, 4.69) is 14.9 Å². The number of hydrogen-bond donors (Lipinski definition) is 1. The predicted molar refractivity (Wildman–Crippen MR) is 74.2 cm³/mol. The fourth-order valence-corrected chi connectivity index (χ4v) is 2.34. The van der Waals surface area contributed by atoms with Crippen LogP contribution in [0.15, 0.2) is 6.07 Å². The highest BCUT2D eigenvalue weighted by molar-refractivity contribution is 5.69. The van der Waals surface area contributed by atoms with Gasteiger partial charge in [0.25, 0.3) is 0 Å². The number of aromatic nitrogens is 2. The van der Waals surface area contributed by atoms with Crippen molar-refractivity contribution in [3.05, 3.63) is 11.9 Å². The standard InChI is InChI=1S/C13H20N4O3/c1-10-14-11(8-12(15-10)20-2)17-5-3-4-16(6-7-17)9-13(18)19/h8H,3-7,9H2,1-2H3,(H,18,19). The van der Waals surface area contributed by atoms with Crippen LogP contribution in [0, 0.1) is 6.92 Å². The topological polar surface area (TPSA) is 78.8 Å². The zero-order valence-corrected chi connectivity index (χ0v) is 11.9. The summed E-state index contributed by atoms with van der Waals surface area (Å²) in [6, 6.07) is 1.82. The summed E-state index contributed by atoms with van der Waals surface area (Å²) < 4.78 is 5.17. The molecule has 0 unspecified atom stereocenters. The maximum atomic E-state index is 10.8. The van der Waals surface area contributed by atoms with Gasteiger partial charge in [-0.2, -0.15) is 4.98 Å². The van der Waals surface area contributed by atoms with Gasteiger partial charge in [-0.15, -0.1) is 0 Å². The van der Waals surface area contributed by atoms with Crippen LogP contribution in [0.4, 0.5) is 5.82 Å². The number of carboxylic acids is 1. The van der Waals surface area contributed by atoms with Gasteiger partial charge in [-0.05, 0) is 13.3 Å². The molecular weight excluding hydrogens is 260 g/mol. The monoisotopic (exact) mass is 280 g/mol. The minimum Gasteiger partial charge on any atom is -0.481 e. The fraction of sp³-hybridized carbons (Fsp3) is 0.615. The quantitative estimate of drug-likeness (QED) is 0.854. The van der Waals surface area contributed by atoms with E-state index in [0.29, 0.717) is 11.7 Å². The molecule has 2 rings (SSSR count). The van der Waals surface area contributed by atoms with Gasteiger partial charge < -0.3 is 14.7 Å². The zero-order chi connectivity index (χ0) is 14.5. The van der Waals surface area contributed by atoms with E-state index in [4.69, 9.17) is 9.84 Å². The maximum absolute atomic E-state index is 10.8. The molecule has 7 nitrogen and oxygen atoms in total. The average molecular weight is 280 g/mol. The molecule has 0 aliphatic carbocycles. The Hall–Kier alpha value is -1.89. The van der Waals surface area contributed by atoms with Crippen molar-refractivity contribution in [3.8, 4) is 5.88 Å². The number of nitrogens with zero attached hydrogens (tertiary/aromatic N) is 4. The van der Waals surface area contributed by atoms with E-state index < -0.39 is 5.97 Å². The molecule has 0 aromatic carbocycles. The average Bonchev–Trinajstić information content (AvgIpc) is 2.63. The second kappa shape index (κ2) is 6.51. The summed E-state index contributed by atoms with van der Waals surface area (Å²) >= 11 is 0. The van der Waals surface area contributed by atoms with E-state index >= 15 is 0 Å². The van der Waals surface area contributed by atoms with Gasteiger partial charge in [0.1, 0.15) is 11.6 Å². The molecule has 2 heterocycles. The third-order valence-electron chi connectivity index (χ3n) is 3.28. The number of carbonyl (C=O) groups is 1. The van der Waals surface area contributed by atoms with Crippen molar-refractivity contribution < 1.29 is 14.6 Å². The molecule has 1 aromatic rings. The number of aliphatic carboxylic acids is 1. The summed E-state index contributed by atoms with van der Waals surface area (Å²) in [5, 5.41) is 8.85. The third kappa shape index (κ3) is 3.80. The lowest BCUT2D eigenvalue weighted by molar-refractivity contribution is -0.138. The van der Waals surface area contributed by atoms with E-state index in [0.717, 1.165) is 38.4 Å². The minimum absolute atomic E-state index is 0.0972. The van der Waals surface area contributed by atoms with Crippen LogP contribution in [0.1, 0.15) is 12.2 Å². The number of carboxylic acid groups (broad SMARTS) is 1. The van der Waals surface area contributed by atoms with Crippen LogP contribution < -0.4 is 9.64 Å². The third-order valence-corrected chi connectivity index (χ3v) is 3.28. The molecule has 1 fully saturated rings. The normalized spacial score (nSPS) is 16.8. The lowest BCUT2D eigenvalue weighted by atomic mass is 10.3. The molecule has 1 aliphatic rings. The molecule has 7 heteroatoms. The summed E-state index contributed by atoms with van der Waals surface area (Å²) in [6.45, 7) is 5.06. The van der Waals surface area contributed by atoms with Crippen molar-refractivity contribution in [2.45, 2.75) is 13.3 Å². The Kier molecular flexibility index (Phi) is 4.73. The highest BCUT2D eigenvalue weighted by atomic mass is 16.5. The summed E-state index contributed by atoms with van der Waals surface area (Å²) in [6.07, 6.45) is 0.915. The predicted octanol–water partition coefficient (Wildman–Crippen LogP) is 0.390. The molecule has 1 saturated heterocycles. The number of ether oxygens (including phenoxy) is 1. The van der Waals surface area contributed by atoms with Gasteiger partial charge in [-0.1, -0.05) is 0 Å². The Labute approximate surface area is 118 Å².